The van der Waals surface area contributed by atoms with Gasteiger partial charge >= 0.3 is 0 Å². The average Bonchev–Trinajstić information content (AvgIpc) is 2.74. The summed E-state index contributed by atoms with van der Waals surface area (Å²) in [5.74, 6) is 0. The second-order valence-electron chi connectivity index (χ2n) is 3.99. The predicted molar refractivity (Wildman–Crippen MR) is 59.6 cm³/mol. The number of ether oxygens (including phenoxy) is 1. The molecule has 1 fully saturated rings. The normalized spacial score (nSPS) is 20.7. The maximum atomic E-state index is 8.58. The first-order chi connectivity index (χ1) is 7.36. The number of hydrogen-bond donors (Lipinski definition) is 1. The van der Waals surface area contributed by atoms with E-state index in [1.165, 1.54) is 12.8 Å². The van der Waals surface area contributed by atoms with Gasteiger partial charge in [-0.25, -0.2) is 0 Å². The first-order valence-corrected chi connectivity index (χ1v) is 5.68. The van der Waals surface area contributed by atoms with Crippen molar-refractivity contribution in [1.29, 1.82) is 5.26 Å². The molecule has 0 aromatic rings. The Morgan fingerprint density at radius 1 is 1.53 bits per heavy atom. The summed E-state index contributed by atoms with van der Waals surface area (Å²) in [6.07, 6.45) is 3.15. The first kappa shape index (κ1) is 12.4. The van der Waals surface area contributed by atoms with Crippen LogP contribution in [0.3, 0.4) is 0 Å². The highest BCUT2D eigenvalue weighted by molar-refractivity contribution is 4.80. The van der Waals surface area contributed by atoms with E-state index in [0.717, 1.165) is 32.8 Å². The second-order valence-corrected chi connectivity index (χ2v) is 3.99. The number of nitriles is 1. The van der Waals surface area contributed by atoms with E-state index >= 15 is 0 Å². The summed E-state index contributed by atoms with van der Waals surface area (Å²) in [4.78, 5) is 2.32. The zero-order chi connectivity index (χ0) is 10.9. The Balaban J connectivity index is 2.23. The van der Waals surface area contributed by atoms with E-state index in [1.807, 2.05) is 0 Å². The van der Waals surface area contributed by atoms with Gasteiger partial charge in [0, 0.05) is 39.2 Å². The van der Waals surface area contributed by atoms with Gasteiger partial charge in [0.1, 0.15) is 0 Å². The van der Waals surface area contributed by atoms with Crippen LogP contribution in [0.5, 0.6) is 0 Å². The third-order valence-corrected chi connectivity index (χ3v) is 2.79. The average molecular weight is 211 g/mol. The van der Waals surface area contributed by atoms with Gasteiger partial charge in [-0.1, -0.05) is 0 Å². The molecule has 0 saturated carbocycles. The molecule has 15 heavy (non-hydrogen) atoms. The van der Waals surface area contributed by atoms with Crippen LogP contribution in [0.25, 0.3) is 0 Å². The minimum absolute atomic E-state index is 0.608. The fourth-order valence-electron chi connectivity index (χ4n) is 1.95. The van der Waals surface area contributed by atoms with Crippen LogP contribution in [0.2, 0.25) is 0 Å². The van der Waals surface area contributed by atoms with E-state index in [4.69, 9.17) is 10.00 Å². The maximum Gasteiger partial charge on any atom is 0.0635 e. The van der Waals surface area contributed by atoms with Crippen LogP contribution in [0, 0.1) is 11.3 Å². The summed E-state index contributed by atoms with van der Waals surface area (Å²) < 4.78 is 5.07. The number of rotatable bonds is 7. The fraction of sp³-hybridized carbons (Fsp3) is 0.909. The smallest absolute Gasteiger partial charge is 0.0635 e. The topological polar surface area (TPSA) is 48.3 Å². The minimum atomic E-state index is 0.608. The van der Waals surface area contributed by atoms with E-state index in [1.54, 1.807) is 7.11 Å². The number of nitrogens with zero attached hydrogens (tertiary/aromatic N) is 2. The monoisotopic (exact) mass is 211 g/mol. The van der Waals surface area contributed by atoms with Gasteiger partial charge in [0.25, 0.3) is 0 Å². The van der Waals surface area contributed by atoms with Crippen LogP contribution < -0.4 is 5.32 Å². The lowest BCUT2D eigenvalue weighted by Gasteiger charge is -2.24. The van der Waals surface area contributed by atoms with Crippen molar-refractivity contribution in [2.75, 3.05) is 39.9 Å². The van der Waals surface area contributed by atoms with Crippen molar-refractivity contribution in [3.63, 3.8) is 0 Å². The van der Waals surface area contributed by atoms with Gasteiger partial charge < -0.3 is 10.1 Å². The van der Waals surface area contributed by atoms with E-state index in [9.17, 15) is 0 Å². The molecule has 0 radical (unpaired) electrons. The highest BCUT2D eigenvalue weighted by Gasteiger charge is 2.17. The molecule has 0 spiro atoms. The summed E-state index contributed by atoms with van der Waals surface area (Å²) in [6.45, 7) is 4.72. The lowest BCUT2D eigenvalue weighted by Crippen LogP contribution is -2.39. The molecule has 0 aromatic carbocycles. The number of methoxy groups -OCH3 is 1. The third-order valence-electron chi connectivity index (χ3n) is 2.79. The Labute approximate surface area is 92.2 Å². The molecule has 1 heterocycles. The molecule has 4 heteroatoms. The molecule has 1 aliphatic rings. The van der Waals surface area contributed by atoms with Gasteiger partial charge in [-0.05, 0) is 19.4 Å². The Kier molecular flexibility index (Phi) is 6.33. The molecule has 1 rings (SSSR count). The Bertz CT molecular complexity index is 196. The molecule has 1 atom stereocenters. The molecular formula is C11H21N3O. The molecule has 0 aromatic heterocycles. The van der Waals surface area contributed by atoms with E-state index in [-0.39, 0.29) is 0 Å². The van der Waals surface area contributed by atoms with Crippen LogP contribution in [-0.2, 0) is 4.74 Å². The highest BCUT2D eigenvalue weighted by atomic mass is 16.5. The summed E-state index contributed by atoms with van der Waals surface area (Å²) in [6, 6.07) is 2.81. The third kappa shape index (κ3) is 5.12. The van der Waals surface area contributed by atoms with Crippen LogP contribution in [0.4, 0.5) is 0 Å². The maximum absolute atomic E-state index is 8.58. The minimum Gasteiger partial charge on any atom is -0.383 e. The van der Waals surface area contributed by atoms with Gasteiger partial charge in [0.05, 0.1) is 12.7 Å². The van der Waals surface area contributed by atoms with Gasteiger partial charge in [0.2, 0.25) is 0 Å². The van der Waals surface area contributed by atoms with Crippen LogP contribution in [0.15, 0.2) is 0 Å². The SMILES string of the molecule is COCCN(CCC#N)CC1CCCN1. The quantitative estimate of drug-likeness (QED) is 0.670. The van der Waals surface area contributed by atoms with Crippen molar-refractivity contribution in [2.45, 2.75) is 25.3 Å². The molecule has 1 unspecified atom stereocenters. The van der Waals surface area contributed by atoms with Gasteiger partial charge in [-0.3, -0.25) is 4.90 Å². The molecule has 86 valence electrons. The van der Waals surface area contributed by atoms with Crippen molar-refractivity contribution >= 4 is 0 Å². The predicted octanol–water partition coefficient (Wildman–Crippen LogP) is 0.600. The zero-order valence-electron chi connectivity index (χ0n) is 9.54. The number of nitrogens with one attached hydrogen (secondary N) is 1. The van der Waals surface area contributed by atoms with E-state index < -0.39 is 0 Å². The van der Waals surface area contributed by atoms with Crippen LogP contribution in [0.1, 0.15) is 19.3 Å². The van der Waals surface area contributed by atoms with Crippen molar-refractivity contribution < 1.29 is 4.74 Å². The van der Waals surface area contributed by atoms with Crippen LogP contribution >= 0.6 is 0 Å². The highest BCUT2D eigenvalue weighted by Crippen LogP contribution is 2.07. The van der Waals surface area contributed by atoms with Crippen LogP contribution in [-0.4, -0.2) is 50.8 Å². The van der Waals surface area contributed by atoms with Gasteiger partial charge in [-0.15, -0.1) is 0 Å². The van der Waals surface area contributed by atoms with Gasteiger partial charge in [0.15, 0.2) is 0 Å². The van der Waals surface area contributed by atoms with E-state index in [0.29, 0.717) is 12.5 Å². The molecule has 0 aliphatic carbocycles. The van der Waals surface area contributed by atoms with Crippen molar-refractivity contribution in [2.24, 2.45) is 0 Å². The molecular weight excluding hydrogens is 190 g/mol. The largest absolute Gasteiger partial charge is 0.383 e. The molecule has 0 bridgehead atoms. The van der Waals surface area contributed by atoms with E-state index in [2.05, 4.69) is 16.3 Å². The first-order valence-electron chi connectivity index (χ1n) is 5.68. The van der Waals surface area contributed by atoms with Crippen molar-refractivity contribution in [3.05, 3.63) is 0 Å². The summed E-state index contributed by atoms with van der Waals surface area (Å²) in [7, 11) is 1.72. The summed E-state index contributed by atoms with van der Waals surface area (Å²) in [5.41, 5.74) is 0. The van der Waals surface area contributed by atoms with Crippen molar-refractivity contribution in [1.82, 2.24) is 10.2 Å². The van der Waals surface area contributed by atoms with Gasteiger partial charge in [-0.2, -0.15) is 5.26 Å². The molecule has 1 N–H and O–H groups in total. The Morgan fingerprint density at radius 3 is 3.00 bits per heavy atom. The summed E-state index contributed by atoms with van der Waals surface area (Å²) >= 11 is 0. The van der Waals surface area contributed by atoms with Crippen molar-refractivity contribution in [3.8, 4) is 6.07 Å². The standard InChI is InChI=1S/C11H21N3O/c1-15-9-8-14(7-3-5-12)10-11-4-2-6-13-11/h11,13H,2-4,6-10H2,1H3. The second kappa shape index (κ2) is 7.63. The molecule has 4 nitrogen and oxygen atoms in total. The summed E-state index contributed by atoms with van der Waals surface area (Å²) in [5, 5.41) is 12.1. The number of hydrogen-bond acceptors (Lipinski definition) is 4. The molecule has 1 saturated heterocycles. The fourth-order valence-corrected chi connectivity index (χ4v) is 1.95. The molecule has 0 amide bonds. The molecule has 1 aliphatic heterocycles. The lowest BCUT2D eigenvalue weighted by atomic mass is 10.2. The Morgan fingerprint density at radius 2 is 2.40 bits per heavy atom. The zero-order valence-corrected chi connectivity index (χ0v) is 9.54. The Hall–Kier alpha value is -0.630. The lowest BCUT2D eigenvalue weighted by molar-refractivity contribution is 0.143.